The zero-order valence-corrected chi connectivity index (χ0v) is 14.4. The van der Waals surface area contributed by atoms with E-state index in [0.29, 0.717) is 39.9 Å². The number of rotatable bonds is 5. The first-order valence-electron chi connectivity index (χ1n) is 7.48. The Balaban J connectivity index is 1.74. The van der Waals surface area contributed by atoms with E-state index in [1.807, 2.05) is 0 Å². The second-order valence-electron chi connectivity index (χ2n) is 5.25. The van der Waals surface area contributed by atoms with Gasteiger partial charge in [0.25, 0.3) is 5.91 Å². The van der Waals surface area contributed by atoms with Gasteiger partial charge in [0.05, 0.1) is 36.8 Å². The lowest BCUT2D eigenvalue weighted by Crippen LogP contribution is -2.28. The van der Waals surface area contributed by atoms with E-state index in [1.165, 1.54) is 14.2 Å². The minimum atomic E-state index is -0.735. The lowest BCUT2D eigenvalue weighted by molar-refractivity contribution is -0.125. The number of halogens is 1. The molecule has 0 aliphatic carbocycles. The van der Waals surface area contributed by atoms with Crippen molar-refractivity contribution in [3.63, 3.8) is 0 Å². The van der Waals surface area contributed by atoms with E-state index < -0.39 is 6.10 Å². The van der Waals surface area contributed by atoms with Gasteiger partial charge in [0, 0.05) is 24.2 Å². The second-order valence-corrected chi connectivity index (χ2v) is 5.66. The van der Waals surface area contributed by atoms with Gasteiger partial charge < -0.3 is 19.6 Å². The first kappa shape index (κ1) is 17.0. The summed E-state index contributed by atoms with van der Waals surface area (Å²) in [5, 5.41) is 7.17. The number of nitrogens with one attached hydrogen (secondary N) is 1. The molecule has 0 spiro atoms. The minimum absolute atomic E-state index is 0.297. The third-order valence-electron chi connectivity index (χ3n) is 3.68. The number of benzene rings is 1. The number of carbonyl (C=O) groups excluding carboxylic acids is 1. The molecular formula is C17H16ClN3O4. The van der Waals surface area contributed by atoms with E-state index in [2.05, 4.69) is 15.5 Å². The van der Waals surface area contributed by atoms with Gasteiger partial charge in [-0.3, -0.25) is 9.78 Å². The number of hydrogen-bond acceptors (Lipinski definition) is 6. The van der Waals surface area contributed by atoms with Gasteiger partial charge in [0.15, 0.2) is 0 Å². The summed E-state index contributed by atoms with van der Waals surface area (Å²) in [7, 11) is 3.06. The zero-order valence-electron chi connectivity index (χ0n) is 13.7. The van der Waals surface area contributed by atoms with Crippen molar-refractivity contribution in [2.24, 2.45) is 5.16 Å². The number of amides is 1. The van der Waals surface area contributed by atoms with Crippen molar-refractivity contribution in [1.82, 2.24) is 4.98 Å². The molecule has 2 heterocycles. The monoisotopic (exact) mass is 361 g/mol. The fourth-order valence-electron chi connectivity index (χ4n) is 2.42. The van der Waals surface area contributed by atoms with Gasteiger partial charge in [-0.2, -0.15) is 0 Å². The van der Waals surface area contributed by atoms with Gasteiger partial charge in [-0.25, -0.2) is 0 Å². The normalized spacial score (nSPS) is 16.0. The highest BCUT2D eigenvalue weighted by molar-refractivity contribution is 6.32. The standard InChI is InChI=1S/C17H16ClN3O4/c1-23-14-8-15(24-2)12(18)6-11(14)13-7-16(25-21-13)17(22)20-10-4-3-5-19-9-10/h3-6,8-9,16H,7H2,1-2H3,(H,20,22)/t16-/m0/s1. The Labute approximate surface area is 149 Å². The van der Waals surface area contributed by atoms with Crippen LogP contribution in [0.2, 0.25) is 5.02 Å². The number of carbonyl (C=O) groups is 1. The van der Waals surface area contributed by atoms with Crippen LogP contribution >= 0.6 is 11.6 Å². The van der Waals surface area contributed by atoms with Crippen LogP contribution in [0.25, 0.3) is 0 Å². The summed E-state index contributed by atoms with van der Waals surface area (Å²) in [6, 6.07) is 6.83. The maximum Gasteiger partial charge on any atom is 0.268 e. The quantitative estimate of drug-likeness (QED) is 0.885. The van der Waals surface area contributed by atoms with Crippen LogP contribution in [0.3, 0.4) is 0 Å². The summed E-state index contributed by atoms with van der Waals surface area (Å²) >= 11 is 6.18. The molecule has 8 heteroatoms. The predicted octanol–water partition coefficient (Wildman–Crippen LogP) is 2.88. The van der Waals surface area contributed by atoms with Crippen LogP contribution in [0.5, 0.6) is 11.5 Å². The first-order chi connectivity index (χ1) is 12.1. The average Bonchev–Trinajstić information content (AvgIpc) is 3.12. The molecule has 1 aromatic heterocycles. The van der Waals surface area contributed by atoms with E-state index >= 15 is 0 Å². The molecule has 25 heavy (non-hydrogen) atoms. The van der Waals surface area contributed by atoms with E-state index in [-0.39, 0.29) is 5.91 Å². The van der Waals surface area contributed by atoms with E-state index in [1.54, 1.807) is 36.7 Å². The number of pyridine rings is 1. The number of anilines is 1. The molecule has 1 N–H and O–H groups in total. The predicted molar refractivity (Wildman–Crippen MR) is 93.4 cm³/mol. The molecule has 130 valence electrons. The molecule has 0 saturated heterocycles. The van der Waals surface area contributed by atoms with Crippen molar-refractivity contribution in [2.75, 3.05) is 19.5 Å². The number of nitrogens with zero attached hydrogens (tertiary/aromatic N) is 2. The van der Waals surface area contributed by atoms with Crippen molar-refractivity contribution < 1.29 is 19.1 Å². The zero-order chi connectivity index (χ0) is 17.8. The van der Waals surface area contributed by atoms with Crippen LogP contribution in [0.15, 0.2) is 41.8 Å². The van der Waals surface area contributed by atoms with Crippen molar-refractivity contribution in [1.29, 1.82) is 0 Å². The topological polar surface area (TPSA) is 82.0 Å². The van der Waals surface area contributed by atoms with Gasteiger partial charge in [0.2, 0.25) is 6.10 Å². The van der Waals surface area contributed by atoms with Gasteiger partial charge in [-0.1, -0.05) is 16.8 Å². The van der Waals surface area contributed by atoms with Crippen molar-refractivity contribution in [3.05, 3.63) is 47.2 Å². The summed E-state index contributed by atoms with van der Waals surface area (Å²) in [6.07, 6.45) is 2.75. The van der Waals surface area contributed by atoms with Crippen molar-refractivity contribution in [3.8, 4) is 11.5 Å². The van der Waals surface area contributed by atoms with Crippen LogP contribution in [-0.2, 0) is 9.63 Å². The molecule has 0 unspecified atom stereocenters. The van der Waals surface area contributed by atoms with Crippen molar-refractivity contribution >= 4 is 28.9 Å². The largest absolute Gasteiger partial charge is 0.496 e. The van der Waals surface area contributed by atoms with Crippen LogP contribution in [0, 0.1) is 0 Å². The Morgan fingerprint density at radius 2 is 2.12 bits per heavy atom. The highest BCUT2D eigenvalue weighted by Gasteiger charge is 2.30. The molecule has 1 amide bonds. The van der Waals surface area contributed by atoms with Gasteiger partial charge >= 0.3 is 0 Å². The molecule has 0 radical (unpaired) electrons. The molecule has 1 atom stereocenters. The van der Waals surface area contributed by atoms with E-state index in [4.69, 9.17) is 25.9 Å². The van der Waals surface area contributed by atoms with Crippen molar-refractivity contribution in [2.45, 2.75) is 12.5 Å². The molecule has 0 bridgehead atoms. The van der Waals surface area contributed by atoms with E-state index in [9.17, 15) is 4.79 Å². The number of ether oxygens (including phenoxy) is 2. The molecule has 0 fully saturated rings. The number of aromatic nitrogens is 1. The summed E-state index contributed by atoms with van der Waals surface area (Å²) in [5.41, 5.74) is 1.83. The first-order valence-corrected chi connectivity index (χ1v) is 7.85. The number of hydrogen-bond donors (Lipinski definition) is 1. The van der Waals surface area contributed by atoms with Crippen LogP contribution < -0.4 is 14.8 Å². The maximum atomic E-state index is 12.3. The lowest BCUT2D eigenvalue weighted by atomic mass is 10.0. The molecule has 1 aliphatic rings. The third kappa shape index (κ3) is 3.66. The summed E-state index contributed by atoms with van der Waals surface area (Å²) < 4.78 is 10.5. The molecule has 2 aromatic rings. The molecular weight excluding hydrogens is 346 g/mol. The highest BCUT2D eigenvalue weighted by Crippen LogP contribution is 2.34. The second kappa shape index (κ2) is 7.40. The van der Waals surface area contributed by atoms with Gasteiger partial charge in [-0.15, -0.1) is 0 Å². The number of oxime groups is 1. The summed E-state index contributed by atoms with van der Waals surface area (Å²) in [6.45, 7) is 0. The molecule has 3 rings (SSSR count). The minimum Gasteiger partial charge on any atom is -0.496 e. The van der Waals surface area contributed by atoms with Gasteiger partial charge in [-0.05, 0) is 18.2 Å². The Morgan fingerprint density at radius 3 is 2.80 bits per heavy atom. The summed E-state index contributed by atoms with van der Waals surface area (Å²) in [5.74, 6) is 0.731. The fourth-order valence-corrected chi connectivity index (χ4v) is 2.66. The lowest BCUT2D eigenvalue weighted by Gasteiger charge is -2.12. The van der Waals surface area contributed by atoms with Gasteiger partial charge in [0.1, 0.15) is 11.5 Å². The highest BCUT2D eigenvalue weighted by atomic mass is 35.5. The maximum absolute atomic E-state index is 12.3. The molecule has 1 aliphatic heterocycles. The third-order valence-corrected chi connectivity index (χ3v) is 3.97. The summed E-state index contributed by atoms with van der Waals surface area (Å²) in [4.78, 5) is 21.5. The van der Waals surface area contributed by atoms with Crippen LogP contribution in [0.1, 0.15) is 12.0 Å². The van der Waals surface area contributed by atoms with E-state index in [0.717, 1.165) is 0 Å². The fraction of sp³-hybridized carbons (Fsp3) is 0.235. The number of methoxy groups -OCH3 is 2. The molecule has 1 aromatic carbocycles. The molecule has 7 nitrogen and oxygen atoms in total. The SMILES string of the molecule is COc1cc(OC)c(C2=NO[C@H](C(=O)Nc3cccnc3)C2)cc1Cl. The van der Waals surface area contributed by atoms with Crippen LogP contribution in [0.4, 0.5) is 5.69 Å². The Bertz CT molecular complexity index is 811. The molecule has 0 saturated carbocycles. The Kier molecular flexibility index (Phi) is 5.04. The Hall–Kier alpha value is -2.80. The smallest absolute Gasteiger partial charge is 0.268 e. The van der Waals surface area contributed by atoms with Crippen LogP contribution in [-0.4, -0.2) is 36.9 Å². The average molecular weight is 362 g/mol. The Morgan fingerprint density at radius 1 is 1.32 bits per heavy atom.